The minimum absolute atomic E-state index is 0.128. The van der Waals surface area contributed by atoms with Crippen LogP contribution >= 0.6 is 0 Å². The number of hydrogen-bond donors (Lipinski definition) is 1. The third-order valence-corrected chi connectivity index (χ3v) is 3.76. The molecule has 1 atom stereocenters. The lowest BCUT2D eigenvalue weighted by atomic mass is 10.1. The van der Waals surface area contributed by atoms with Gasteiger partial charge in [-0.15, -0.1) is 0 Å². The lowest BCUT2D eigenvalue weighted by molar-refractivity contribution is 0.414. The molecule has 0 amide bonds. The first-order valence-electron chi connectivity index (χ1n) is 7.33. The third-order valence-electron chi connectivity index (χ3n) is 3.76. The average Bonchev–Trinajstić information content (AvgIpc) is 2.54. The normalized spacial score (nSPS) is 12.0. The molecule has 2 N–H and O–H groups in total. The molecule has 0 aliphatic rings. The summed E-state index contributed by atoms with van der Waals surface area (Å²) in [6.45, 7) is 2.95. The molecule has 0 unspecified atom stereocenters. The Morgan fingerprint density at radius 2 is 1.86 bits per heavy atom. The fraction of sp³-hybridized carbons (Fsp3) is 0.333. The quantitative estimate of drug-likeness (QED) is 0.878. The van der Waals surface area contributed by atoms with Crippen molar-refractivity contribution in [3.05, 3.63) is 59.7 Å². The van der Waals surface area contributed by atoms with Gasteiger partial charge in [-0.1, -0.05) is 31.2 Å². The molecular formula is C18H24N2O. The van der Waals surface area contributed by atoms with Crippen molar-refractivity contribution in [2.24, 2.45) is 5.73 Å². The van der Waals surface area contributed by atoms with Gasteiger partial charge in [-0.05, 0) is 41.8 Å². The highest BCUT2D eigenvalue weighted by Crippen LogP contribution is 2.21. The third kappa shape index (κ3) is 3.99. The van der Waals surface area contributed by atoms with Crippen LogP contribution in [0.15, 0.2) is 48.5 Å². The van der Waals surface area contributed by atoms with Gasteiger partial charge in [0.25, 0.3) is 0 Å². The second kappa shape index (κ2) is 7.14. The maximum absolute atomic E-state index is 6.05. The molecule has 3 nitrogen and oxygen atoms in total. The highest BCUT2D eigenvalue weighted by molar-refractivity contribution is 5.48. The molecule has 2 rings (SSSR count). The smallest absolute Gasteiger partial charge is 0.119 e. The number of methoxy groups -OCH3 is 1. The summed E-state index contributed by atoms with van der Waals surface area (Å²) < 4.78 is 5.26. The molecule has 0 fully saturated rings. The van der Waals surface area contributed by atoms with E-state index in [4.69, 9.17) is 10.5 Å². The number of nitrogens with two attached hydrogens (primary N) is 1. The number of benzene rings is 2. The van der Waals surface area contributed by atoms with Crippen LogP contribution in [0.3, 0.4) is 0 Å². The Bertz CT molecular complexity index is 566. The van der Waals surface area contributed by atoms with E-state index >= 15 is 0 Å². The summed E-state index contributed by atoms with van der Waals surface area (Å²) in [6.07, 6.45) is 0.957. The monoisotopic (exact) mass is 284 g/mol. The minimum atomic E-state index is 0.128. The Hall–Kier alpha value is -2.00. The zero-order valence-electron chi connectivity index (χ0n) is 13.0. The van der Waals surface area contributed by atoms with Gasteiger partial charge in [0.1, 0.15) is 5.75 Å². The van der Waals surface area contributed by atoms with E-state index in [9.17, 15) is 0 Å². The topological polar surface area (TPSA) is 38.5 Å². The van der Waals surface area contributed by atoms with Crippen molar-refractivity contribution in [3.63, 3.8) is 0 Å². The first-order valence-corrected chi connectivity index (χ1v) is 7.33. The van der Waals surface area contributed by atoms with Gasteiger partial charge in [-0.2, -0.15) is 0 Å². The zero-order valence-corrected chi connectivity index (χ0v) is 13.0. The van der Waals surface area contributed by atoms with E-state index in [1.54, 1.807) is 7.11 Å². The molecule has 2 aromatic carbocycles. The van der Waals surface area contributed by atoms with Crippen LogP contribution in [0.5, 0.6) is 5.75 Å². The van der Waals surface area contributed by atoms with Crippen LogP contribution in [-0.2, 0) is 6.54 Å². The van der Waals surface area contributed by atoms with Crippen LogP contribution in [0, 0.1) is 0 Å². The molecule has 0 heterocycles. The van der Waals surface area contributed by atoms with Crippen molar-refractivity contribution in [3.8, 4) is 5.75 Å². The molecule has 0 saturated heterocycles. The van der Waals surface area contributed by atoms with E-state index < -0.39 is 0 Å². The molecule has 0 radical (unpaired) electrons. The van der Waals surface area contributed by atoms with Crippen molar-refractivity contribution in [2.45, 2.75) is 25.9 Å². The van der Waals surface area contributed by atoms with Crippen LogP contribution in [0.1, 0.15) is 30.5 Å². The maximum atomic E-state index is 6.05. The molecule has 2 aromatic rings. The Morgan fingerprint density at radius 1 is 1.14 bits per heavy atom. The summed E-state index contributed by atoms with van der Waals surface area (Å²) in [4.78, 5) is 2.22. The standard InChI is InChI=1S/C18H24N2O/c1-4-18(19)15-8-10-16(11-9-15)20(2)13-14-6-5-7-17(12-14)21-3/h5-12,18H,4,13,19H2,1-3H3/t18-/m0/s1. The SMILES string of the molecule is CC[C@H](N)c1ccc(N(C)Cc2cccc(OC)c2)cc1. The number of hydrogen-bond acceptors (Lipinski definition) is 3. The maximum Gasteiger partial charge on any atom is 0.119 e. The Kier molecular flexibility index (Phi) is 5.23. The van der Waals surface area contributed by atoms with Gasteiger partial charge in [-0.3, -0.25) is 0 Å². The first-order chi connectivity index (χ1) is 10.1. The van der Waals surface area contributed by atoms with Crippen LogP contribution in [-0.4, -0.2) is 14.2 Å². The first kappa shape index (κ1) is 15.4. The lowest BCUT2D eigenvalue weighted by Crippen LogP contribution is -2.16. The van der Waals surface area contributed by atoms with Crippen molar-refractivity contribution >= 4 is 5.69 Å². The van der Waals surface area contributed by atoms with Gasteiger partial charge in [0.05, 0.1) is 7.11 Å². The van der Waals surface area contributed by atoms with Crippen molar-refractivity contribution in [2.75, 3.05) is 19.1 Å². The van der Waals surface area contributed by atoms with E-state index in [2.05, 4.69) is 55.3 Å². The van der Waals surface area contributed by atoms with E-state index in [0.717, 1.165) is 18.7 Å². The Labute approximate surface area is 127 Å². The molecule has 3 heteroatoms. The van der Waals surface area contributed by atoms with Gasteiger partial charge >= 0.3 is 0 Å². The van der Waals surface area contributed by atoms with Gasteiger partial charge in [-0.25, -0.2) is 0 Å². The van der Waals surface area contributed by atoms with Crippen molar-refractivity contribution < 1.29 is 4.74 Å². The minimum Gasteiger partial charge on any atom is -0.497 e. The summed E-state index contributed by atoms with van der Waals surface area (Å²) in [5.74, 6) is 0.894. The molecule has 0 saturated carbocycles. The highest BCUT2D eigenvalue weighted by atomic mass is 16.5. The average molecular weight is 284 g/mol. The molecule has 0 aliphatic carbocycles. The van der Waals surface area contributed by atoms with E-state index in [-0.39, 0.29) is 6.04 Å². The zero-order chi connectivity index (χ0) is 15.2. The molecular weight excluding hydrogens is 260 g/mol. The van der Waals surface area contributed by atoms with Crippen LogP contribution in [0.25, 0.3) is 0 Å². The molecule has 21 heavy (non-hydrogen) atoms. The Morgan fingerprint density at radius 3 is 2.48 bits per heavy atom. The summed E-state index contributed by atoms with van der Waals surface area (Å²) >= 11 is 0. The second-order valence-electron chi connectivity index (χ2n) is 5.31. The summed E-state index contributed by atoms with van der Waals surface area (Å²) in [7, 11) is 3.78. The van der Waals surface area contributed by atoms with Gasteiger partial charge in [0.15, 0.2) is 0 Å². The fourth-order valence-electron chi connectivity index (χ4n) is 2.35. The van der Waals surface area contributed by atoms with Gasteiger partial charge in [0, 0.05) is 25.3 Å². The molecule has 0 aliphatic heterocycles. The predicted octanol–water partition coefficient (Wildman–Crippen LogP) is 3.74. The van der Waals surface area contributed by atoms with Gasteiger partial charge < -0.3 is 15.4 Å². The molecule has 112 valence electrons. The van der Waals surface area contributed by atoms with Crippen LogP contribution in [0.4, 0.5) is 5.69 Å². The summed E-state index contributed by atoms with van der Waals surface area (Å²) in [6, 6.07) is 16.8. The number of anilines is 1. The van der Waals surface area contributed by atoms with Crippen LogP contribution < -0.4 is 15.4 Å². The van der Waals surface area contributed by atoms with E-state index in [1.807, 2.05) is 12.1 Å². The largest absolute Gasteiger partial charge is 0.497 e. The summed E-state index contributed by atoms with van der Waals surface area (Å²) in [5.41, 5.74) is 9.65. The lowest BCUT2D eigenvalue weighted by Gasteiger charge is -2.20. The fourth-order valence-corrected chi connectivity index (χ4v) is 2.35. The summed E-state index contributed by atoms with van der Waals surface area (Å²) in [5, 5.41) is 0. The van der Waals surface area contributed by atoms with E-state index in [1.165, 1.54) is 16.8 Å². The highest BCUT2D eigenvalue weighted by Gasteiger charge is 2.06. The van der Waals surface area contributed by atoms with E-state index in [0.29, 0.717) is 0 Å². The number of nitrogens with zero attached hydrogens (tertiary/aromatic N) is 1. The van der Waals surface area contributed by atoms with Crippen LogP contribution in [0.2, 0.25) is 0 Å². The molecule has 0 bridgehead atoms. The predicted molar refractivity (Wildman–Crippen MR) is 88.8 cm³/mol. The number of ether oxygens (including phenoxy) is 1. The Balaban J connectivity index is 2.07. The van der Waals surface area contributed by atoms with Crippen molar-refractivity contribution in [1.29, 1.82) is 0 Å². The van der Waals surface area contributed by atoms with Gasteiger partial charge in [0.2, 0.25) is 0 Å². The number of rotatable bonds is 6. The molecule has 0 spiro atoms. The van der Waals surface area contributed by atoms with Crippen molar-refractivity contribution in [1.82, 2.24) is 0 Å². The molecule has 0 aromatic heterocycles. The second-order valence-corrected chi connectivity index (χ2v) is 5.31.